The van der Waals surface area contributed by atoms with Crippen molar-refractivity contribution in [2.24, 2.45) is 0 Å². The molecule has 0 aliphatic rings. The second kappa shape index (κ2) is 11.1. The Hall–Kier alpha value is -1.46. The molecule has 0 saturated carbocycles. The minimum absolute atomic E-state index is 0.202. The number of hydrogen-bond donors (Lipinski definition) is 2. The number of aromatic hydroxyl groups is 2. The molecule has 178 valence electrons. The minimum Gasteiger partial charge on any atom is -0.507 e. The van der Waals surface area contributed by atoms with Crippen LogP contribution in [0.15, 0.2) is 12.1 Å². The highest BCUT2D eigenvalue weighted by molar-refractivity contribution is 6.31. The molecule has 2 rings (SSSR count). The number of benzene rings is 2. The Balaban J connectivity index is 2.10. The fourth-order valence-electron chi connectivity index (χ4n) is 3.92. The summed E-state index contributed by atoms with van der Waals surface area (Å²) in [5, 5.41) is 23.0. The SMILES string of the molecule is Cc1c(Cl)cc(C(C)C)c(O)c1CN(C)CCN(C)Cc1c(C)c(Cl)cc(C(C)C)c1O. The summed E-state index contributed by atoms with van der Waals surface area (Å²) in [4.78, 5) is 4.37. The maximum atomic E-state index is 10.8. The molecule has 6 heteroatoms. The zero-order chi connectivity index (χ0) is 24.3. The van der Waals surface area contributed by atoms with E-state index in [1.54, 1.807) is 0 Å². The normalized spacial score (nSPS) is 12.1. The highest BCUT2D eigenvalue weighted by Gasteiger charge is 2.19. The third-order valence-electron chi connectivity index (χ3n) is 6.27. The molecule has 0 fully saturated rings. The number of halogens is 2. The van der Waals surface area contributed by atoms with Gasteiger partial charge in [-0.3, -0.25) is 0 Å². The summed E-state index contributed by atoms with van der Waals surface area (Å²) < 4.78 is 0. The van der Waals surface area contributed by atoms with Gasteiger partial charge in [0, 0.05) is 47.4 Å². The van der Waals surface area contributed by atoms with Crippen molar-refractivity contribution in [2.45, 2.75) is 66.5 Å². The Bertz CT molecular complexity index is 880. The molecule has 0 radical (unpaired) electrons. The molecule has 32 heavy (non-hydrogen) atoms. The Morgan fingerprint density at radius 2 is 1.03 bits per heavy atom. The lowest BCUT2D eigenvalue weighted by Gasteiger charge is -2.25. The second-order valence-electron chi connectivity index (χ2n) is 9.58. The highest BCUT2D eigenvalue weighted by atomic mass is 35.5. The Morgan fingerprint density at radius 1 is 0.719 bits per heavy atom. The molecular formula is C26H38Cl2N2O2. The van der Waals surface area contributed by atoms with Gasteiger partial charge in [0.05, 0.1) is 0 Å². The maximum Gasteiger partial charge on any atom is 0.123 e. The summed E-state index contributed by atoms with van der Waals surface area (Å²) >= 11 is 12.9. The van der Waals surface area contributed by atoms with Gasteiger partial charge in [0.1, 0.15) is 11.5 Å². The van der Waals surface area contributed by atoms with Crippen LogP contribution in [0.3, 0.4) is 0 Å². The van der Waals surface area contributed by atoms with E-state index in [9.17, 15) is 10.2 Å². The van der Waals surface area contributed by atoms with Crippen molar-refractivity contribution in [3.8, 4) is 11.5 Å². The van der Waals surface area contributed by atoms with Gasteiger partial charge in [-0.1, -0.05) is 50.9 Å². The van der Waals surface area contributed by atoms with Crippen LogP contribution in [0.1, 0.15) is 72.9 Å². The number of phenols is 2. The fraction of sp³-hybridized carbons (Fsp3) is 0.538. The van der Waals surface area contributed by atoms with Crippen molar-refractivity contribution in [2.75, 3.05) is 27.2 Å². The van der Waals surface area contributed by atoms with Crippen molar-refractivity contribution < 1.29 is 10.2 Å². The molecule has 0 bridgehead atoms. The average Bonchev–Trinajstić information content (AvgIpc) is 2.71. The first-order chi connectivity index (χ1) is 14.8. The predicted octanol–water partition coefficient (Wildman–Crippen LogP) is 6.83. The van der Waals surface area contributed by atoms with E-state index in [0.29, 0.717) is 34.6 Å². The van der Waals surface area contributed by atoms with E-state index in [-0.39, 0.29) is 11.8 Å². The standard InChI is InChI=1S/C26H38Cl2N2O2/c1-15(2)19-11-23(27)17(5)21(25(19)31)13-29(7)9-10-30(8)14-22-18(6)24(28)12-20(16(3)4)26(22)32/h11-12,15-16,31-32H,9-10,13-14H2,1-8H3. The van der Waals surface area contributed by atoms with Gasteiger partial charge in [0.25, 0.3) is 0 Å². The Kier molecular flexibility index (Phi) is 9.30. The highest BCUT2D eigenvalue weighted by Crippen LogP contribution is 2.37. The molecule has 2 aromatic carbocycles. The van der Waals surface area contributed by atoms with Crippen LogP contribution in [-0.2, 0) is 13.1 Å². The van der Waals surface area contributed by atoms with Crippen molar-refractivity contribution in [3.05, 3.63) is 55.6 Å². The first-order valence-electron chi connectivity index (χ1n) is 11.2. The van der Waals surface area contributed by atoms with Crippen LogP contribution in [0.5, 0.6) is 11.5 Å². The quantitative estimate of drug-likeness (QED) is 0.412. The van der Waals surface area contributed by atoms with Crippen LogP contribution in [0.25, 0.3) is 0 Å². The van der Waals surface area contributed by atoms with Crippen molar-refractivity contribution in [3.63, 3.8) is 0 Å². The van der Waals surface area contributed by atoms with Gasteiger partial charge in [0.2, 0.25) is 0 Å². The third kappa shape index (κ3) is 6.11. The van der Waals surface area contributed by atoms with Gasteiger partial charge in [0.15, 0.2) is 0 Å². The van der Waals surface area contributed by atoms with Gasteiger partial charge in [-0.15, -0.1) is 0 Å². The third-order valence-corrected chi connectivity index (χ3v) is 7.05. The fourth-order valence-corrected chi connectivity index (χ4v) is 4.39. The van der Waals surface area contributed by atoms with E-state index >= 15 is 0 Å². The van der Waals surface area contributed by atoms with Gasteiger partial charge < -0.3 is 20.0 Å². The number of likely N-dealkylation sites (N-methyl/N-ethyl adjacent to an activating group) is 2. The lowest BCUT2D eigenvalue weighted by Crippen LogP contribution is -2.30. The smallest absolute Gasteiger partial charge is 0.123 e. The topological polar surface area (TPSA) is 46.9 Å². The zero-order valence-corrected chi connectivity index (χ0v) is 22.2. The van der Waals surface area contributed by atoms with Crippen LogP contribution >= 0.6 is 23.2 Å². The number of rotatable bonds is 9. The van der Waals surface area contributed by atoms with Crippen LogP contribution < -0.4 is 0 Å². The van der Waals surface area contributed by atoms with Crippen LogP contribution in [0, 0.1) is 13.8 Å². The van der Waals surface area contributed by atoms with Gasteiger partial charge in [-0.25, -0.2) is 0 Å². The van der Waals surface area contributed by atoms with E-state index in [4.69, 9.17) is 23.2 Å². The molecule has 2 N–H and O–H groups in total. The monoisotopic (exact) mass is 480 g/mol. The van der Waals surface area contributed by atoms with E-state index < -0.39 is 0 Å². The first kappa shape index (κ1) is 26.8. The zero-order valence-electron chi connectivity index (χ0n) is 20.7. The molecule has 0 aromatic heterocycles. The van der Waals surface area contributed by atoms with Crippen molar-refractivity contribution in [1.82, 2.24) is 9.80 Å². The van der Waals surface area contributed by atoms with E-state index in [1.165, 1.54) is 0 Å². The van der Waals surface area contributed by atoms with Gasteiger partial charge in [-0.05, 0) is 74.2 Å². The van der Waals surface area contributed by atoms with E-state index in [0.717, 1.165) is 46.5 Å². The van der Waals surface area contributed by atoms with Crippen LogP contribution in [-0.4, -0.2) is 47.2 Å². The predicted molar refractivity (Wildman–Crippen MR) is 137 cm³/mol. The first-order valence-corrected chi connectivity index (χ1v) is 12.0. The minimum atomic E-state index is 0.202. The van der Waals surface area contributed by atoms with Gasteiger partial charge >= 0.3 is 0 Å². The van der Waals surface area contributed by atoms with Crippen LogP contribution in [0.4, 0.5) is 0 Å². The van der Waals surface area contributed by atoms with E-state index in [2.05, 4.69) is 37.5 Å². The average molecular weight is 482 g/mol. The number of nitrogens with zero attached hydrogens (tertiary/aromatic N) is 2. The number of phenolic OH excluding ortho intramolecular Hbond substituents is 2. The lowest BCUT2D eigenvalue weighted by molar-refractivity contribution is 0.243. The Morgan fingerprint density at radius 3 is 1.31 bits per heavy atom. The number of hydrogen-bond acceptors (Lipinski definition) is 4. The summed E-state index contributed by atoms with van der Waals surface area (Å²) in [7, 11) is 4.09. The Labute approximate surface area is 203 Å². The summed E-state index contributed by atoms with van der Waals surface area (Å²) in [6.07, 6.45) is 0. The molecule has 0 unspecified atom stereocenters. The molecule has 0 aliphatic heterocycles. The van der Waals surface area contributed by atoms with Crippen molar-refractivity contribution >= 4 is 23.2 Å². The molecule has 2 aromatic rings. The molecular weight excluding hydrogens is 443 g/mol. The molecule has 0 heterocycles. The molecule has 0 atom stereocenters. The summed E-state index contributed by atoms with van der Waals surface area (Å²) in [5.74, 6) is 1.10. The summed E-state index contributed by atoms with van der Waals surface area (Å²) in [6.45, 7) is 15.0. The van der Waals surface area contributed by atoms with Crippen molar-refractivity contribution in [1.29, 1.82) is 0 Å². The summed E-state index contributed by atoms with van der Waals surface area (Å²) in [5.41, 5.74) is 5.39. The molecule has 4 nitrogen and oxygen atoms in total. The largest absolute Gasteiger partial charge is 0.507 e. The summed E-state index contributed by atoms with van der Waals surface area (Å²) in [6, 6.07) is 3.75. The lowest BCUT2D eigenvalue weighted by atomic mass is 9.95. The molecule has 0 spiro atoms. The molecule has 0 amide bonds. The molecule has 0 aliphatic carbocycles. The molecule has 0 saturated heterocycles. The van der Waals surface area contributed by atoms with E-state index in [1.807, 2.05) is 40.1 Å². The van der Waals surface area contributed by atoms with Gasteiger partial charge in [-0.2, -0.15) is 0 Å². The maximum absolute atomic E-state index is 10.8. The van der Waals surface area contributed by atoms with Crippen LogP contribution in [0.2, 0.25) is 10.0 Å². The second-order valence-corrected chi connectivity index (χ2v) is 10.4.